The van der Waals surface area contributed by atoms with Crippen molar-refractivity contribution in [2.75, 3.05) is 26.2 Å². The number of carbonyl (C=O) groups is 3. The van der Waals surface area contributed by atoms with Crippen LogP contribution in [-0.4, -0.2) is 58.8 Å². The van der Waals surface area contributed by atoms with Gasteiger partial charge in [0, 0.05) is 11.9 Å². The summed E-state index contributed by atoms with van der Waals surface area (Å²) in [5, 5.41) is 30.5. The average Bonchev–Trinajstić information content (AvgIpc) is 2.91. The molecule has 240 valence electrons. The van der Waals surface area contributed by atoms with Gasteiger partial charge in [-0.1, -0.05) is 103 Å². The smallest absolute Gasteiger partial charge is 0.311 e. The molecule has 0 saturated heterocycles. The van der Waals surface area contributed by atoms with Crippen molar-refractivity contribution < 1.29 is 34.2 Å². The largest absolute Gasteiger partial charge is 0.550 e. The Bertz CT molecular complexity index is 667. The van der Waals surface area contributed by atoms with Crippen LogP contribution in [0.1, 0.15) is 143 Å². The molecule has 3 unspecified atom stereocenters. The van der Waals surface area contributed by atoms with E-state index in [-0.39, 0.29) is 24.1 Å². The number of carboxylic acid groups (broad SMARTS) is 3. The number of nitrogens with zero attached hydrogens (tertiary/aromatic N) is 1. The van der Waals surface area contributed by atoms with Crippen LogP contribution >= 0.6 is 0 Å². The molecule has 7 nitrogen and oxygen atoms in total. The molecule has 0 aromatic carbocycles. The van der Waals surface area contributed by atoms with Crippen molar-refractivity contribution in [1.82, 2.24) is 0 Å². The molecule has 0 heterocycles. The van der Waals surface area contributed by atoms with Crippen LogP contribution in [0.15, 0.2) is 12.2 Å². The highest BCUT2D eigenvalue weighted by Crippen LogP contribution is 2.22. The van der Waals surface area contributed by atoms with Crippen molar-refractivity contribution in [3.8, 4) is 0 Å². The van der Waals surface area contributed by atoms with Crippen LogP contribution in [0.3, 0.4) is 0 Å². The van der Waals surface area contributed by atoms with Crippen LogP contribution in [0, 0.1) is 17.8 Å². The summed E-state index contributed by atoms with van der Waals surface area (Å²) in [5.41, 5.74) is 0. The van der Waals surface area contributed by atoms with Gasteiger partial charge < -0.3 is 24.6 Å². The Hall–Kier alpha value is -1.89. The second kappa shape index (κ2) is 24.7. The van der Waals surface area contributed by atoms with Gasteiger partial charge in [0.05, 0.1) is 26.2 Å². The van der Waals surface area contributed by atoms with Gasteiger partial charge in [0.15, 0.2) is 0 Å². The third kappa shape index (κ3) is 21.5. The van der Waals surface area contributed by atoms with Crippen LogP contribution < -0.4 is 5.11 Å². The predicted molar refractivity (Wildman–Crippen MR) is 165 cm³/mol. The lowest BCUT2D eigenvalue weighted by Crippen LogP contribution is -2.58. The average molecular weight is 582 g/mol. The summed E-state index contributed by atoms with van der Waals surface area (Å²) in [5.74, 6) is -5.24. The molecule has 0 bridgehead atoms. The van der Waals surface area contributed by atoms with Gasteiger partial charge in [0.2, 0.25) is 0 Å². The van der Waals surface area contributed by atoms with Gasteiger partial charge in [0.25, 0.3) is 0 Å². The van der Waals surface area contributed by atoms with Crippen LogP contribution in [0.2, 0.25) is 0 Å². The normalized spacial score (nSPS) is 15.4. The Kier molecular flexibility index (Phi) is 23.5. The third-order valence-corrected chi connectivity index (χ3v) is 8.37. The van der Waals surface area contributed by atoms with E-state index in [0.717, 1.165) is 25.7 Å². The molecule has 2 N–H and O–H groups in total. The van der Waals surface area contributed by atoms with Crippen molar-refractivity contribution in [1.29, 1.82) is 0 Å². The zero-order valence-electron chi connectivity index (χ0n) is 26.9. The van der Waals surface area contributed by atoms with Crippen molar-refractivity contribution in [2.24, 2.45) is 17.8 Å². The molecule has 0 aliphatic carbocycles. The number of rotatable bonds is 29. The molecular formula is C34H63NO6. The van der Waals surface area contributed by atoms with Gasteiger partial charge in [-0.3, -0.25) is 9.59 Å². The first kappa shape index (κ1) is 39.1. The molecule has 0 aliphatic heterocycles. The number of aliphatic carboxylic acids is 3. The lowest BCUT2D eigenvalue weighted by atomic mass is 10.00. The van der Waals surface area contributed by atoms with E-state index in [9.17, 15) is 29.7 Å². The highest BCUT2D eigenvalue weighted by Gasteiger charge is 2.36. The highest BCUT2D eigenvalue weighted by atomic mass is 16.4. The maximum atomic E-state index is 11.6. The minimum absolute atomic E-state index is 0.183. The first-order valence-corrected chi connectivity index (χ1v) is 16.7. The van der Waals surface area contributed by atoms with Crippen molar-refractivity contribution >= 4 is 17.9 Å². The maximum Gasteiger partial charge on any atom is 0.311 e. The first-order chi connectivity index (χ1) is 19.5. The van der Waals surface area contributed by atoms with E-state index in [4.69, 9.17) is 0 Å². The van der Waals surface area contributed by atoms with Crippen LogP contribution in [0.5, 0.6) is 0 Å². The van der Waals surface area contributed by atoms with Crippen molar-refractivity contribution in [3.05, 3.63) is 12.2 Å². The van der Waals surface area contributed by atoms with Crippen LogP contribution in [-0.2, 0) is 14.4 Å². The van der Waals surface area contributed by atoms with E-state index >= 15 is 0 Å². The molecule has 41 heavy (non-hydrogen) atoms. The zero-order valence-corrected chi connectivity index (χ0v) is 26.9. The summed E-state index contributed by atoms with van der Waals surface area (Å²) >= 11 is 0. The predicted octanol–water partition coefficient (Wildman–Crippen LogP) is 7.23. The van der Waals surface area contributed by atoms with Gasteiger partial charge in [-0.05, 0) is 52.4 Å². The lowest BCUT2D eigenvalue weighted by Gasteiger charge is -2.43. The maximum absolute atomic E-state index is 11.6. The van der Waals surface area contributed by atoms with Gasteiger partial charge in [-0.15, -0.1) is 0 Å². The number of hydrogen-bond donors (Lipinski definition) is 2. The Morgan fingerprint density at radius 2 is 0.927 bits per heavy atom. The quantitative estimate of drug-likeness (QED) is 0.0547. The topological polar surface area (TPSA) is 115 Å². The molecule has 0 radical (unpaired) electrons. The minimum atomic E-state index is -1.18. The molecule has 7 heteroatoms. The molecular weight excluding hydrogens is 518 g/mol. The van der Waals surface area contributed by atoms with Gasteiger partial charge in [-0.25, -0.2) is 0 Å². The Morgan fingerprint density at radius 3 is 1.29 bits per heavy atom. The zero-order chi connectivity index (χ0) is 30.9. The SMILES string of the molecule is CCCCCCCCCC/C=C/CCCCCCCCCC[N+](CC(C)C(=O)[O-])(CC(C)C(=O)O)CC(C)C(=O)O. The number of quaternary nitrogens is 1. The van der Waals surface area contributed by atoms with Crippen LogP contribution in [0.25, 0.3) is 0 Å². The van der Waals surface area contributed by atoms with E-state index in [1.807, 2.05) is 0 Å². The minimum Gasteiger partial charge on any atom is -0.550 e. The molecule has 0 aliphatic rings. The molecule has 0 aromatic heterocycles. The second-order valence-electron chi connectivity index (χ2n) is 12.7. The van der Waals surface area contributed by atoms with E-state index in [0.29, 0.717) is 6.54 Å². The third-order valence-electron chi connectivity index (χ3n) is 8.37. The molecule has 0 fully saturated rings. The summed E-state index contributed by atoms with van der Waals surface area (Å²) in [7, 11) is 0. The van der Waals surface area contributed by atoms with E-state index < -0.39 is 35.7 Å². The van der Waals surface area contributed by atoms with Crippen LogP contribution in [0.4, 0.5) is 0 Å². The summed E-state index contributed by atoms with van der Waals surface area (Å²) in [4.78, 5) is 34.7. The summed E-state index contributed by atoms with van der Waals surface area (Å²) in [6.07, 6.45) is 27.0. The van der Waals surface area contributed by atoms with E-state index in [1.54, 1.807) is 20.8 Å². The summed E-state index contributed by atoms with van der Waals surface area (Å²) < 4.78 is 0.183. The number of unbranched alkanes of at least 4 members (excludes halogenated alkanes) is 16. The fourth-order valence-corrected chi connectivity index (χ4v) is 5.87. The number of allylic oxidation sites excluding steroid dienone is 2. The Morgan fingerprint density at radius 1 is 0.585 bits per heavy atom. The molecule has 0 rings (SSSR count). The van der Waals surface area contributed by atoms with Crippen molar-refractivity contribution in [3.63, 3.8) is 0 Å². The summed E-state index contributed by atoms with van der Waals surface area (Å²) in [6.45, 7) is 8.25. The second-order valence-corrected chi connectivity index (χ2v) is 12.7. The molecule has 3 atom stereocenters. The monoisotopic (exact) mass is 581 g/mol. The lowest BCUT2D eigenvalue weighted by molar-refractivity contribution is -0.934. The molecule has 0 aromatic rings. The standard InChI is InChI=1S/C34H63NO6/c1-5-6-7-8-9-10-11-12-13-14-15-16-17-18-19-20-21-22-23-24-25-35(26-29(2)32(36)37,27-30(3)33(38)39)28-31(4)34(40)41/h14-15,29-31H,5-13,16-28H2,1-4H3,(H2-,36,37,38,39,40,41)/b15-14+. The number of carboxylic acids is 3. The molecule has 0 amide bonds. The molecule has 0 saturated carbocycles. The number of hydrogen-bond acceptors (Lipinski definition) is 4. The summed E-state index contributed by atoms with van der Waals surface area (Å²) in [6, 6.07) is 0. The van der Waals surface area contributed by atoms with E-state index in [2.05, 4.69) is 19.1 Å². The Balaban J connectivity index is 4.27. The highest BCUT2D eigenvalue weighted by molar-refractivity contribution is 5.70. The van der Waals surface area contributed by atoms with Gasteiger partial charge in [-0.2, -0.15) is 0 Å². The fraction of sp³-hybridized carbons (Fsp3) is 0.853. The fourth-order valence-electron chi connectivity index (χ4n) is 5.87. The van der Waals surface area contributed by atoms with Crippen molar-refractivity contribution in [2.45, 2.75) is 143 Å². The van der Waals surface area contributed by atoms with Gasteiger partial charge in [0.1, 0.15) is 11.8 Å². The Labute approximate surface area is 251 Å². The van der Waals surface area contributed by atoms with E-state index in [1.165, 1.54) is 89.9 Å². The number of carbonyl (C=O) groups excluding carboxylic acids is 1. The van der Waals surface area contributed by atoms with Gasteiger partial charge >= 0.3 is 11.9 Å². The first-order valence-electron chi connectivity index (χ1n) is 16.7. The molecule has 0 spiro atoms.